The zero-order valence-electron chi connectivity index (χ0n) is 18.2. The molecule has 0 aliphatic rings. The van der Waals surface area contributed by atoms with E-state index < -0.39 is 24.5 Å². The van der Waals surface area contributed by atoms with Crippen LogP contribution in [-0.2, 0) is 11.2 Å². The molecule has 0 bridgehead atoms. The first kappa shape index (κ1) is 23.3. The van der Waals surface area contributed by atoms with E-state index in [9.17, 15) is 14.4 Å². The molecular weight excluding hydrogens is 426 g/mol. The van der Waals surface area contributed by atoms with Gasteiger partial charge >= 0.3 is 12.0 Å². The van der Waals surface area contributed by atoms with Crippen LogP contribution in [-0.4, -0.2) is 39.6 Å². The number of benzene rings is 2. The van der Waals surface area contributed by atoms with Crippen LogP contribution in [0.5, 0.6) is 5.75 Å². The molecule has 3 amide bonds. The molecule has 0 saturated carbocycles. The number of carbonyl (C=O) groups is 3. The summed E-state index contributed by atoms with van der Waals surface area (Å²) < 4.78 is 5.10. The fourth-order valence-electron chi connectivity index (χ4n) is 3.04. The third-order valence-electron chi connectivity index (χ3n) is 4.72. The number of H-pyrrole nitrogens is 1. The van der Waals surface area contributed by atoms with Crippen LogP contribution < -0.4 is 21.1 Å². The third kappa shape index (κ3) is 6.57. The number of nitrogens with zero attached hydrogens (tertiary/aromatic N) is 1. The molecule has 0 fully saturated rings. The average Bonchev–Trinajstić information content (AvgIpc) is 3.15. The number of imidazole rings is 1. The molecule has 1 heterocycles. The maximum Gasteiger partial charge on any atom is 0.341 e. The lowest BCUT2D eigenvalue weighted by Crippen LogP contribution is -2.22. The summed E-state index contributed by atoms with van der Waals surface area (Å²) in [6.45, 7) is 3.73. The van der Waals surface area contributed by atoms with Gasteiger partial charge in [0.1, 0.15) is 17.4 Å². The monoisotopic (exact) mass is 451 g/mol. The molecule has 33 heavy (non-hydrogen) atoms. The lowest BCUT2D eigenvalue weighted by molar-refractivity contribution is -0.139. The zero-order valence-corrected chi connectivity index (χ0v) is 18.2. The minimum Gasteiger partial charge on any atom is -0.482 e. The highest BCUT2D eigenvalue weighted by atomic mass is 16.5. The number of ether oxygens (including phenoxy) is 1. The molecule has 0 aliphatic heterocycles. The van der Waals surface area contributed by atoms with E-state index in [-0.39, 0.29) is 11.5 Å². The number of rotatable bonds is 9. The SMILES string of the molecule is CC(C)c1ccc(NC(=O)Nc2[nH]c(Cc3ccc(OCC(=O)O)cc3)nc2C(N)=O)cc1. The van der Waals surface area contributed by atoms with Gasteiger partial charge in [-0.3, -0.25) is 10.1 Å². The van der Waals surface area contributed by atoms with Crippen molar-refractivity contribution in [2.75, 3.05) is 17.2 Å². The Morgan fingerprint density at radius 1 is 1.06 bits per heavy atom. The van der Waals surface area contributed by atoms with Crippen LogP contribution in [0.3, 0.4) is 0 Å². The van der Waals surface area contributed by atoms with Crippen LogP contribution in [0, 0.1) is 0 Å². The van der Waals surface area contributed by atoms with Crippen molar-refractivity contribution in [3.05, 3.63) is 71.2 Å². The lowest BCUT2D eigenvalue weighted by atomic mass is 10.0. The summed E-state index contributed by atoms with van der Waals surface area (Å²) in [6.07, 6.45) is 0.319. The van der Waals surface area contributed by atoms with Gasteiger partial charge in [0.05, 0.1) is 0 Å². The summed E-state index contributed by atoms with van der Waals surface area (Å²) in [5.74, 6) is -0.548. The van der Waals surface area contributed by atoms with Crippen LogP contribution in [0.2, 0.25) is 0 Å². The lowest BCUT2D eigenvalue weighted by Gasteiger charge is -2.09. The van der Waals surface area contributed by atoms with E-state index in [4.69, 9.17) is 15.6 Å². The molecule has 172 valence electrons. The van der Waals surface area contributed by atoms with E-state index in [1.807, 2.05) is 12.1 Å². The normalized spacial score (nSPS) is 10.6. The van der Waals surface area contributed by atoms with E-state index in [1.165, 1.54) is 0 Å². The molecule has 0 aliphatic carbocycles. The average molecular weight is 451 g/mol. The number of carbonyl (C=O) groups excluding carboxylic acids is 2. The maximum absolute atomic E-state index is 12.4. The number of amides is 3. The number of nitrogens with one attached hydrogen (secondary N) is 3. The molecule has 0 radical (unpaired) electrons. The third-order valence-corrected chi connectivity index (χ3v) is 4.72. The highest BCUT2D eigenvalue weighted by Crippen LogP contribution is 2.19. The second kappa shape index (κ2) is 10.3. The van der Waals surface area contributed by atoms with Crippen LogP contribution >= 0.6 is 0 Å². The number of hydrogen-bond donors (Lipinski definition) is 5. The maximum atomic E-state index is 12.4. The highest BCUT2D eigenvalue weighted by molar-refractivity contribution is 6.04. The Balaban J connectivity index is 1.66. The number of primary amides is 1. The van der Waals surface area contributed by atoms with Gasteiger partial charge in [-0.2, -0.15) is 0 Å². The van der Waals surface area contributed by atoms with Gasteiger partial charge in [-0.25, -0.2) is 14.6 Å². The molecule has 3 rings (SSSR count). The topological polar surface area (TPSA) is 159 Å². The molecule has 0 spiro atoms. The standard InChI is InChI=1S/C23H25N5O5/c1-13(2)15-5-7-16(8-6-15)25-23(32)28-22-20(21(24)31)26-18(27-22)11-14-3-9-17(10-4-14)33-12-19(29)30/h3-10,13H,11-12H2,1-2H3,(H2,24,31)(H,26,27)(H,29,30)(H2,25,28,32). The Labute approximate surface area is 190 Å². The Kier molecular flexibility index (Phi) is 7.29. The van der Waals surface area contributed by atoms with Crippen LogP contribution in [0.15, 0.2) is 48.5 Å². The predicted molar refractivity (Wildman–Crippen MR) is 123 cm³/mol. The van der Waals surface area contributed by atoms with E-state index in [0.717, 1.165) is 11.1 Å². The molecule has 2 aromatic carbocycles. The molecular formula is C23H25N5O5. The minimum atomic E-state index is -1.06. The smallest absolute Gasteiger partial charge is 0.341 e. The minimum absolute atomic E-state index is 0.0864. The van der Waals surface area contributed by atoms with Crippen molar-refractivity contribution in [1.82, 2.24) is 9.97 Å². The predicted octanol–water partition coefficient (Wildman–Crippen LogP) is 3.33. The van der Waals surface area contributed by atoms with Gasteiger partial charge in [0.15, 0.2) is 12.3 Å². The number of nitrogens with two attached hydrogens (primary N) is 1. The Morgan fingerprint density at radius 3 is 2.30 bits per heavy atom. The van der Waals surface area contributed by atoms with Gasteiger partial charge in [-0.15, -0.1) is 0 Å². The van der Waals surface area contributed by atoms with E-state index in [1.54, 1.807) is 36.4 Å². The fraction of sp³-hybridized carbons (Fsp3) is 0.217. The van der Waals surface area contributed by atoms with Crippen LogP contribution in [0.4, 0.5) is 16.3 Å². The van der Waals surface area contributed by atoms with Crippen molar-refractivity contribution in [1.29, 1.82) is 0 Å². The molecule has 1 aromatic heterocycles. The van der Waals surface area contributed by atoms with Crippen LogP contribution in [0.1, 0.15) is 47.2 Å². The van der Waals surface area contributed by atoms with Gasteiger partial charge < -0.3 is 25.9 Å². The molecule has 6 N–H and O–H groups in total. The second-order valence-corrected chi connectivity index (χ2v) is 7.63. The largest absolute Gasteiger partial charge is 0.482 e. The first-order valence-electron chi connectivity index (χ1n) is 10.2. The molecule has 0 saturated heterocycles. The van der Waals surface area contributed by atoms with Crippen molar-refractivity contribution >= 4 is 29.4 Å². The zero-order chi connectivity index (χ0) is 24.0. The number of hydrogen-bond acceptors (Lipinski definition) is 5. The van der Waals surface area contributed by atoms with Gasteiger partial charge in [-0.05, 0) is 41.3 Å². The van der Waals surface area contributed by atoms with Crippen molar-refractivity contribution in [3.63, 3.8) is 0 Å². The number of anilines is 2. The Bertz CT molecular complexity index is 1140. The van der Waals surface area contributed by atoms with E-state index in [0.29, 0.717) is 29.6 Å². The first-order chi connectivity index (χ1) is 15.7. The molecule has 3 aromatic rings. The summed E-state index contributed by atoms with van der Waals surface area (Å²) in [5.41, 5.74) is 7.90. The van der Waals surface area contributed by atoms with Crippen molar-refractivity contribution in [2.45, 2.75) is 26.2 Å². The van der Waals surface area contributed by atoms with Crippen LogP contribution in [0.25, 0.3) is 0 Å². The summed E-state index contributed by atoms with van der Waals surface area (Å²) in [5, 5.41) is 13.9. The van der Waals surface area contributed by atoms with E-state index in [2.05, 4.69) is 34.4 Å². The number of aliphatic carboxylic acids is 1. The number of carboxylic acid groups (broad SMARTS) is 1. The summed E-state index contributed by atoms with van der Waals surface area (Å²) in [6, 6.07) is 13.7. The van der Waals surface area contributed by atoms with Gasteiger partial charge in [-0.1, -0.05) is 38.1 Å². The molecule has 0 unspecified atom stereocenters. The summed E-state index contributed by atoms with van der Waals surface area (Å²) in [7, 11) is 0. The first-order valence-corrected chi connectivity index (χ1v) is 10.2. The molecule has 0 atom stereocenters. The van der Waals surface area contributed by atoms with E-state index >= 15 is 0 Å². The Morgan fingerprint density at radius 2 is 1.73 bits per heavy atom. The molecule has 10 nitrogen and oxygen atoms in total. The van der Waals surface area contributed by atoms with Crippen molar-refractivity contribution in [3.8, 4) is 5.75 Å². The van der Waals surface area contributed by atoms with Gasteiger partial charge in [0.2, 0.25) is 0 Å². The number of aromatic nitrogens is 2. The summed E-state index contributed by atoms with van der Waals surface area (Å²) >= 11 is 0. The molecule has 10 heteroatoms. The second-order valence-electron chi connectivity index (χ2n) is 7.63. The Hall–Kier alpha value is -4.34. The number of urea groups is 1. The van der Waals surface area contributed by atoms with Gasteiger partial charge in [0, 0.05) is 12.1 Å². The quantitative estimate of drug-likeness (QED) is 0.335. The summed E-state index contributed by atoms with van der Waals surface area (Å²) in [4.78, 5) is 41.9. The number of aromatic amines is 1. The van der Waals surface area contributed by atoms with Crippen molar-refractivity contribution < 1.29 is 24.2 Å². The van der Waals surface area contributed by atoms with Gasteiger partial charge in [0.25, 0.3) is 5.91 Å². The number of carboxylic acids is 1. The fourth-order valence-corrected chi connectivity index (χ4v) is 3.04. The highest BCUT2D eigenvalue weighted by Gasteiger charge is 2.18. The van der Waals surface area contributed by atoms with Crippen molar-refractivity contribution in [2.24, 2.45) is 5.73 Å².